The zero-order valence-corrected chi connectivity index (χ0v) is 14.6. The van der Waals surface area contributed by atoms with Gasteiger partial charge < -0.3 is 15.3 Å². The van der Waals surface area contributed by atoms with Crippen LogP contribution in [0.2, 0.25) is 0 Å². The van der Waals surface area contributed by atoms with Gasteiger partial charge in [-0.1, -0.05) is 12.1 Å². The van der Waals surface area contributed by atoms with Crippen LogP contribution in [0.4, 0.5) is 13.2 Å². The highest BCUT2D eigenvalue weighted by Gasteiger charge is 2.53. The molecule has 0 spiro atoms. The zero-order chi connectivity index (χ0) is 18.8. The molecule has 26 heavy (non-hydrogen) atoms. The van der Waals surface area contributed by atoms with Gasteiger partial charge in [0.25, 0.3) is 5.91 Å². The summed E-state index contributed by atoms with van der Waals surface area (Å²) < 4.78 is 38.9. The van der Waals surface area contributed by atoms with Gasteiger partial charge in [0.2, 0.25) is 5.91 Å². The summed E-state index contributed by atoms with van der Waals surface area (Å²) in [5.74, 6) is -6.17. The third kappa shape index (κ3) is 5.10. The van der Waals surface area contributed by atoms with Crippen LogP contribution in [0.3, 0.4) is 0 Å². The topological polar surface area (TPSA) is 86.7 Å². The Hall–Kier alpha value is -2.29. The van der Waals surface area contributed by atoms with Crippen LogP contribution in [-0.2, 0) is 16.1 Å². The Morgan fingerprint density at radius 2 is 1.77 bits per heavy atom. The number of alkyl halides is 3. The molecule has 2 rings (SSSR count). The number of rotatable bonds is 4. The van der Waals surface area contributed by atoms with Crippen LogP contribution in [-0.4, -0.2) is 47.1 Å². The highest BCUT2D eigenvalue weighted by atomic mass is 35.5. The number of hydrogen-bond donors (Lipinski definition) is 2. The van der Waals surface area contributed by atoms with Gasteiger partial charge in [-0.2, -0.15) is 13.2 Å². The molecule has 1 aliphatic heterocycles. The Bertz CT molecular complexity index is 679. The molecule has 1 saturated heterocycles. The lowest BCUT2D eigenvalue weighted by Crippen LogP contribution is -2.34. The summed E-state index contributed by atoms with van der Waals surface area (Å²) in [6, 6.07) is 6.04. The molecule has 144 valence electrons. The summed E-state index contributed by atoms with van der Waals surface area (Å²) in [5, 5.41) is 11.6. The summed E-state index contributed by atoms with van der Waals surface area (Å²) in [4.78, 5) is 35.2. The lowest BCUT2D eigenvalue weighted by molar-refractivity contribution is -0.187. The fourth-order valence-electron chi connectivity index (χ4n) is 2.73. The highest BCUT2D eigenvalue weighted by Crippen LogP contribution is 2.38. The SMILES string of the molecule is CC(=O)NCc1ccc(C(=O)N2C[C@@H](C(F)(F)F)[C@H](C(=O)O)C2)cc1.Cl. The predicted molar refractivity (Wildman–Crippen MR) is 87.8 cm³/mol. The minimum absolute atomic E-state index is 0. The van der Waals surface area contributed by atoms with E-state index in [1.165, 1.54) is 19.1 Å². The smallest absolute Gasteiger partial charge is 0.394 e. The summed E-state index contributed by atoms with van der Waals surface area (Å²) >= 11 is 0. The standard InChI is InChI=1S/C16H17F3N2O4.ClH/c1-9(22)20-6-10-2-4-11(5-3-10)14(23)21-7-12(15(24)25)13(8-21)16(17,18)19;/h2-5,12-13H,6-8H2,1H3,(H,20,22)(H,24,25);1H/t12-,13-;/m1./s1. The van der Waals surface area contributed by atoms with E-state index in [1.807, 2.05) is 0 Å². The molecule has 2 amide bonds. The Morgan fingerprint density at radius 1 is 1.19 bits per heavy atom. The van der Waals surface area contributed by atoms with E-state index >= 15 is 0 Å². The molecule has 0 aliphatic carbocycles. The third-order valence-corrected chi connectivity index (χ3v) is 4.09. The molecule has 2 N–H and O–H groups in total. The van der Waals surface area contributed by atoms with E-state index in [-0.39, 0.29) is 30.4 Å². The van der Waals surface area contributed by atoms with Gasteiger partial charge in [-0.25, -0.2) is 0 Å². The number of carboxylic acids is 1. The van der Waals surface area contributed by atoms with Gasteiger partial charge in [0.05, 0.1) is 11.8 Å². The molecule has 1 aromatic rings. The van der Waals surface area contributed by atoms with Gasteiger partial charge in [0.1, 0.15) is 0 Å². The monoisotopic (exact) mass is 394 g/mol. The molecule has 1 aromatic carbocycles. The van der Waals surface area contributed by atoms with Crippen molar-refractivity contribution in [2.24, 2.45) is 11.8 Å². The second kappa shape index (κ2) is 8.39. The normalized spacial score (nSPS) is 19.6. The Balaban J connectivity index is 0.00000338. The molecule has 6 nitrogen and oxygen atoms in total. The molecule has 1 aliphatic rings. The van der Waals surface area contributed by atoms with E-state index in [0.717, 1.165) is 10.5 Å². The molecule has 0 bridgehead atoms. The maximum Gasteiger partial charge on any atom is 0.394 e. The van der Waals surface area contributed by atoms with E-state index in [9.17, 15) is 27.6 Å². The molecule has 2 atom stereocenters. The van der Waals surface area contributed by atoms with Crippen LogP contribution >= 0.6 is 12.4 Å². The highest BCUT2D eigenvalue weighted by molar-refractivity contribution is 5.95. The quantitative estimate of drug-likeness (QED) is 0.818. The molecule has 0 saturated carbocycles. The number of likely N-dealkylation sites (tertiary alicyclic amines) is 1. The molecule has 10 heteroatoms. The summed E-state index contributed by atoms with van der Waals surface area (Å²) in [6.07, 6.45) is -4.68. The van der Waals surface area contributed by atoms with Crippen molar-refractivity contribution in [1.82, 2.24) is 10.2 Å². The average Bonchev–Trinajstić information content (AvgIpc) is 2.98. The Morgan fingerprint density at radius 3 is 2.19 bits per heavy atom. The number of nitrogens with one attached hydrogen (secondary N) is 1. The fourth-order valence-corrected chi connectivity index (χ4v) is 2.73. The van der Waals surface area contributed by atoms with Crippen LogP contribution < -0.4 is 5.32 Å². The first-order chi connectivity index (χ1) is 11.6. The van der Waals surface area contributed by atoms with Crippen molar-refractivity contribution < 1.29 is 32.7 Å². The van der Waals surface area contributed by atoms with Crippen molar-refractivity contribution >= 4 is 30.2 Å². The van der Waals surface area contributed by atoms with Gasteiger partial charge in [0.15, 0.2) is 0 Å². The van der Waals surface area contributed by atoms with Crippen molar-refractivity contribution in [1.29, 1.82) is 0 Å². The molecule has 1 fully saturated rings. The van der Waals surface area contributed by atoms with Crippen LogP contribution in [0.5, 0.6) is 0 Å². The van der Waals surface area contributed by atoms with Crippen molar-refractivity contribution in [3.8, 4) is 0 Å². The fraction of sp³-hybridized carbons (Fsp3) is 0.438. The first kappa shape index (κ1) is 21.8. The maximum absolute atomic E-state index is 13.0. The Labute approximate surface area is 153 Å². The van der Waals surface area contributed by atoms with E-state index in [4.69, 9.17) is 5.11 Å². The number of halogens is 4. The molecule has 1 heterocycles. The van der Waals surface area contributed by atoms with Crippen LogP contribution in [0.15, 0.2) is 24.3 Å². The van der Waals surface area contributed by atoms with E-state index in [1.54, 1.807) is 12.1 Å². The summed E-state index contributed by atoms with van der Waals surface area (Å²) in [7, 11) is 0. The van der Waals surface area contributed by atoms with Gasteiger partial charge >= 0.3 is 12.1 Å². The number of amides is 2. The van der Waals surface area contributed by atoms with E-state index in [0.29, 0.717) is 0 Å². The molecule has 0 aromatic heterocycles. The number of carboxylic acid groups (broad SMARTS) is 1. The van der Waals surface area contributed by atoms with Crippen LogP contribution in [0.1, 0.15) is 22.8 Å². The minimum Gasteiger partial charge on any atom is -0.481 e. The maximum atomic E-state index is 13.0. The third-order valence-electron chi connectivity index (χ3n) is 4.09. The average molecular weight is 395 g/mol. The van der Waals surface area contributed by atoms with Gasteiger partial charge in [-0.15, -0.1) is 12.4 Å². The lowest BCUT2D eigenvalue weighted by Gasteiger charge is -2.18. The number of hydrogen-bond acceptors (Lipinski definition) is 3. The first-order valence-electron chi connectivity index (χ1n) is 7.51. The largest absolute Gasteiger partial charge is 0.481 e. The van der Waals surface area contributed by atoms with E-state index < -0.39 is 43.0 Å². The number of nitrogens with zero attached hydrogens (tertiary/aromatic N) is 1. The van der Waals surface area contributed by atoms with Crippen molar-refractivity contribution in [2.75, 3.05) is 13.1 Å². The van der Waals surface area contributed by atoms with Gasteiger partial charge in [-0.05, 0) is 17.7 Å². The molecular formula is C16H18ClF3N2O4. The lowest BCUT2D eigenvalue weighted by atomic mass is 9.96. The number of carbonyl (C=O) groups is 3. The van der Waals surface area contributed by atoms with Crippen molar-refractivity contribution in [3.05, 3.63) is 35.4 Å². The van der Waals surface area contributed by atoms with E-state index in [2.05, 4.69) is 5.32 Å². The second-order valence-electron chi connectivity index (χ2n) is 5.91. The number of aliphatic carboxylic acids is 1. The van der Waals surface area contributed by atoms with Gasteiger partial charge in [-0.3, -0.25) is 14.4 Å². The first-order valence-corrected chi connectivity index (χ1v) is 7.51. The van der Waals surface area contributed by atoms with Crippen molar-refractivity contribution in [3.63, 3.8) is 0 Å². The predicted octanol–water partition coefficient (Wildman–Crippen LogP) is 2.08. The zero-order valence-electron chi connectivity index (χ0n) is 13.7. The summed E-state index contributed by atoms with van der Waals surface area (Å²) in [6.45, 7) is 0.477. The summed E-state index contributed by atoms with van der Waals surface area (Å²) in [5.41, 5.74) is 0.892. The molecule has 0 radical (unpaired) electrons. The van der Waals surface area contributed by atoms with Gasteiger partial charge in [0, 0.05) is 32.1 Å². The minimum atomic E-state index is -4.68. The number of carbonyl (C=O) groups excluding carboxylic acids is 2. The number of benzene rings is 1. The molecule has 0 unspecified atom stereocenters. The second-order valence-corrected chi connectivity index (χ2v) is 5.91. The molecular weight excluding hydrogens is 377 g/mol. The Kier molecular flexibility index (Phi) is 7.02. The van der Waals surface area contributed by atoms with Crippen LogP contribution in [0.25, 0.3) is 0 Å². The van der Waals surface area contributed by atoms with Crippen molar-refractivity contribution in [2.45, 2.75) is 19.6 Å². The van der Waals surface area contributed by atoms with Crippen LogP contribution in [0, 0.1) is 11.8 Å².